The van der Waals surface area contributed by atoms with Gasteiger partial charge < -0.3 is 10.1 Å². The van der Waals surface area contributed by atoms with Gasteiger partial charge in [-0.05, 0) is 31.0 Å². The van der Waals surface area contributed by atoms with Crippen molar-refractivity contribution in [2.45, 2.75) is 18.9 Å². The van der Waals surface area contributed by atoms with Gasteiger partial charge in [-0.3, -0.25) is 4.98 Å². The van der Waals surface area contributed by atoms with Gasteiger partial charge in [0.1, 0.15) is 5.69 Å². The Bertz CT molecular complexity index is 847. The maximum absolute atomic E-state index is 5.98. The average Bonchev–Trinajstić information content (AvgIpc) is 3.14. The topological polar surface area (TPSA) is 59.9 Å². The second kappa shape index (κ2) is 6.71. The first-order valence-electron chi connectivity index (χ1n) is 8.03. The summed E-state index contributed by atoms with van der Waals surface area (Å²) in [6, 6.07) is 9.55. The number of halogens is 1. The van der Waals surface area contributed by atoms with Crippen LogP contribution in [0.4, 0.5) is 5.82 Å². The molecule has 0 saturated carbocycles. The van der Waals surface area contributed by atoms with E-state index in [0.29, 0.717) is 5.02 Å². The molecule has 3 aromatic rings. The zero-order valence-corrected chi connectivity index (χ0v) is 13.8. The van der Waals surface area contributed by atoms with Crippen molar-refractivity contribution in [3.63, 3.8) is 0 Å². The van der Waals surface area contributed by atoms with Crippen LogP contribution in [0.5, 0.6) is 0 Å². The largest absolute Gasteiger partial charge is 0.376 e. The van der Waals surface area contributed by atoms with E-state index in [4.69, 9.17) is 16.3 Å². The summed E-state index contributed by atoms with van der Waals surface area (Å²) >= 11 is 5.98. The fourth-order valence-electron chi connectivity index (χ4n) is 2.96. The lowest BCUT2D eigenvalue weighted by Crippen LogP contribution is -2.19. The SMILES string of the molecule is Clc1ccc(-c2nnc(NC[C@@H]3CCCO3)c3ccncc23)cc1. The van der Waals surface area contributed by atoms with Crippen LogP contribution in [0.1, 0.15) is 12.8 Å². The van der Waals surface area contributed by atoms with E-state index in [1.165, 1.54) is 0 Å². The van der Waals surface area contributed by atoms with E-state index in [1.807, 2.05) is 36.5 Å². The highest BCUT2D eigenvalue weighted by Gasteiger charge is 2.17. The zero-order chi connectivity index (χ0) is 16.4. The highest BCUT2D eigenvalue weighted by atomic mass is 35.5. The van der Waals surface area contributed by atoms with E-state index in [-0.39, 0.29) is 6.10 Å². The molecule has 24 heavy (non-hydrogen) atoms. The van der Waals surface area contributed by atoms with Crippen LogP contribution in [-0.2, 0) is 4.74 Å². The van der Waals surface area contributed by atoms with Crippen LogP contribution in [0.3, 0.4) is 0 Å². The highest BCUT2D eigenvalue weighted by molar-refractivity contribution is 6.30. The van der Waals surface area contributed by atoms with Crippen LogP contribution in [0.15, 0.2) is 42.7 Å². The maximum Gasteiger partial charge on any atom is 0.156 e. The van der Waals surface area contributed by atoms with Crippen LogP contribution in [0, 0.1) is 0 Å². The molecule has 0 spiro atoms. The van der Waals surface area contributed by atoms with E-state index in [1.54, 1.807) is 6.20 Å². The number of hydrogen-bond acceptors (Lipinski definition) is 5. The molecule has 1 saturated heterocycles. The summed E-state index contributed by atoms with van der Waals surface area (Å²) < 4.78 is 5.66. The van der Waals surface area contributed by atoms with Crippen molar-refractivity contribution >= 4 is 28.2 Å². The molecule has 3 heterocycles. The first-order chi connectivity index (χ1) is 11.8. The number of nitrogens with one attached hydrogen (secondary N) is 1. The molecule has 1 N–H and O–H groups in total. The number of aromatic nitrogens is 3. The smallest absolute Gasteiger partial charge is 0.156 e. The van der Waals surface area contributed by atoms with Crippen LogP contribution < -0.4 is 5.32 Å². The van der Waals surface area contributed by atoms with E-state index < -0.39 is 0 Å². The lowest BCUT2D eigenvalue weighted by atomic mass is 10.1. The minimum atomic E-state index is 0.250. The predicted molar refractivity (Wildman–Crippen MR) is 95.2 cm³/mol. The monoisotopic (exact) mass is 340 g/mol. The molecule has 1 aromatic carbocycles. The Kier molecular flexibility index (Phi) is 4.28. The summed E-state index contributed by atoms with van der Waals surface area (Å²) in [6.07, 6.45) is 6.05. The second-order valence-corrected chi connectivity index (χ2v) is 6.28. The molecule has 1 atom stereocenters. The quantitative estimate of drug-likeness (QED) is 0.779. The second-order valence-electron chi connectivity index (χ2n) is 5.84. The van der Waals surface area contributed by atoms with Gasteiger partial charge in [-0.25, -0.2) is 0 Å². The van der Waals surface area contributed by atoms with Gasteiger partial charge in [0.15, 0.2) is 5.82 Å². The fraction of sp³-hybridized carbons (Fsp3) is 0.278. The van der Waals surface area contributed by atoms with Crippen molar-refractivity contribution in [1.29, 1.82) is 0 Å². The highest BCUT2D eigenvalue weighted by Crippen LogP contribution is 2.29. The molecule has 6 heteroatoms. The number of fused-ring (bicyclic) bond motifs is 1. The van der Waals surface area contributed by atoms with Crippen LogP contribution >= 0.6 is 11.6 Å². The van der Waals surface area contributed by atoms with E-state index in [9.17, 15) is 0 Å². The molecule has 0 amide bonds. The zero-order valence-electron chi connectivity index (χ0n) is 13.1. The molecule has 1 aliphatic heterocycles. The molecule has 1 aliphatic rings. The van der Waals surface area contributed by atoms with Gasteiger partial charge in [0.05, 0.1) is 6.10 Å². The Hall–Kier alpha value is -2.24. The van der Waals surface area contributed by atoms with Crippen molar-refractivity contribution in [2.24, 2.45) is 0 Å². The molecule has 1 fully saturated rings. The molecule has 0 aliphatic carbocycles. The Labute approximate surface area is 145 Å². The normalized spacial score (nSPS) is 17.3. The molecular weight excluding hydrogens is 324 g/mol. The molecule has 2 aromatic heterocycles. The third-order valence-corrected chi connectivity index (χ3v) is 4.47. The Balaban J connectivity index is 1.70. The molecular formula is C18H17ClN4O. The van der Waals surface area contributed by atoms with Gasteiger partial charge in [-0.15, -0.1) is 10.2 Å². The van der Waals surface area contributed by atoms with Gasteiger partial charge in [-0.2, -0.15) is 0 Å². The first-order valence-corrected chi connectivity index (χ1v) is 8.41. The summed E-state index contributed by atoms with van der Waals surface area (Å²) in [5.74, 6) is 0.764. The first kappa shape index (κ1) is 15.3. The lowest BCUT2D eigenvalue weighted by molar-refractivity contribution is 0.120. The van der Waals surface area contributed by atoms with Gasteiger partial charge in [0.25, 0.3) is 0 Å². The molecule has 0 unspecified atom stereocenters. The minimum absolute atomic E-state index is 0.250. The summed E-state index contributed by atoms with van der Waals surface area (Å²) in [5, 5.41) is 14.8. The fourth-order valence-corrected chi connectivity index (χ4v) is 3.09. The number of pyridine rings is 1. The van der Waals surface area contributed by atoms with E-state index >= 15 is 0 Å². The van der Waals surface area contributed by atoms with E-state index in [2.05, 4.69) is 20.5 Å². The summed E-state index contributed by atoms with van der Waals surface area (Å²) in [5.41, 5.74) is 1.77. The molecule has 0 bridgehead atoms. The number of ether oxygens (including phenoxy) is 1. The Morgan fingerprint density at radius 2 is 2.00 bits per heavy atom. The number of rotatable bonds is 4. The number of hydrogen-bond donors (Lipinski definition) is 1. The third-order valence-electron chi connectivity index (χ3n) is 4.22. The van der Waals surface area contributed by atoms with Crippen molar-refractivity contribution in [3.05, 3.63) is 47.7 Å². The van der Waals surface area contributed by atoms with E-state index in [0.717, 1.165) is 53.8 Å². The maximum atomic E-state index is 5.98. The number of anilines is 1. The molecule has 5 nitrogen and oxygen atoms in total. The van der Waals surface area contributed by atoms with Crippen molar-refractivity contribution < 1.29 is 4.74 Å². The standard InChI is InChI=1S/C18H17ClN4O/c19-13-5-3-12(4-6-13)17-16-11-20-8-7-15(16)18(23-22-17)21-10-14-2-1-9-24-14/h3-8,11,14H,1-2,9-10H2,(H,21,23)/t14-/m0/s1. The van der Waals surface area contributed by atoms with Crippen LogP contribution in [-0.4, -0.2) is 34.4 Å². The van der Waals surface area contributed by atoms with Gasteiger partial charge in [0, 0.05) is 46.9 Å². The Morgan fingerprint density at radius 3 is 2.79 bits per heavy atom. The predicted octanol–water partition coefficient (Wildman–Crippen LogP) is 3.94. The number of benzene rings is 1. The third kappa shape index (κ3) is 3.05. The molecule has 0 radical (unpaired) electrons. The van der Waals surface area contributed by atoms with Crippen molar-refractivity contribution in [1.82, 2.24) is 15.2 Å². The molecule has 122 valence electrons. The van der Waals surface area contributed by atoms with Gasteiger partial charge >= 0.3 is 0 Å². The van der Waals surface area contributed by atoms with Crippen LogP contribution in [0.2, 0.25) is 5.02 Å². The van der Waals surface area contributed by atoms with Gasteiger partial charge in [-0.1, -0.05) is 23.7 Å². The lowest BCUT2D eigenvalue weighted by Gasteiger charge is -2.13. The Morgan fingerprint density at radius 1 is 1.12 bits per heavy atom. The number of nitrogens with zero attached hydrogens (tertiary/aromatic N) is 3. The van der Waals surface area contributed by atoms with Gasteiger partial charge in [0.2, 0.25) is 0 Å². The summed E-state index contributed by atoms with van der Waals surface area (Å²) in [6.45, 7) is 1.59. The summed E-state index contributed by atoms with van der Waals surface area (Å²) in [4.78, 5) is 4.25. The van der Waals surface area contributed by atoms with Crippen LogP contribution in [0.25, 0.3) is 22.0 Å². The average molecular weight is 341 g/mol. The van der Waals surface area contributed by atoms with Crippen molar-refractivity contribution in [2.75, 3.05) is 18.5 Å². The molecule has 4 rings (SSSR count). The van der Waals surface area contributed by atoms with Crippen molar-refractivity contribution in [3.8, 4) is 11.3 Å². The minimum Gasteiger partial charge on any atom is -0.376 e. The summed E-state index contributed by atoms with van der Waals surface area (Å²) in [7, 11) is 0.